The number of halogens is 1. The molecular formula is C18H26ClN3O2. The number of rotatable bonds is 5. The highest BCUT2D eigenvalue weighted by molar-refractivity contribution is 6.30. The number of hydrogen-bond acceptors (Lipinski definition) is 3. The van der Waals surface area contributed by atoms with E-state index in [0.29, 0.717) is 36.5 Å². The van der Waals surface area contributed by atoms with Gasteiger partial charge in [-0.25, -0.2) is 0 Å². The highest BCUT2D eigenvalue weighted by Gasteiger charge is 2.34. The molecule has 0 aromatic heterocycles. The second-order valence-electron chi connectivity index (χ2n) is 7.07. The van der Waals surface area contributed by atoms with Gasteiger partial charge in [0.1, 0.15) is 0 Å². The molecule has 1 saturated heterocycles. The van der Waals surface area contributed by atoms with Crippen LogP contribution >= 0.6 is 11.6 Å². The molecule has 1 aromatic rings. The summed E-state index contributed by atoms with van der Waals surface area (Å²) in [5.41, 5.74) is 6.62. The van der Waals surface area contributed by atoms with E-state index in [1.807, 2.05) is 4.90 Å². The fraction of sp³-hybridized carbons (Fsp3) is 0.556. The maximum absolute atomic E-state index is 12.3. The van der Waals surface area contributed by atoms with E-state index in [1.165, 1.54) is 0 Å². The summed E-state index contributed by atoms with van der Waals surface area (Å²) in [6.45, 7) is 6.10. The van der Waals surface area contributed by atoms with E-state index in [-0.39, 0.29) is 23.3 Å². The summed E-state index contributed by atoms with van der Waals surface area (Å²) in [6.07, 6.45) is 1.90. The van der Waals surface area contributed by atoms with E-state index in [4.69, 9.17) is 17.3 Å². The van der Waals surface area contributed by atoms with Crippen LogP contribution in [0.15, 0.2) is 24.3 Å². The Balaban J connectivity index is 1.71. The first-order valence-electron chi connectivity index (χ1n) is 8.37. The number of nitrogens with zero attached hydrogens (tertiary/aromatic N) is 1. The average Bonchev–Trinajstić information content (AvgIpc) is 2.54. The van der Waals surface area contributed by atoms with Crippen LogP contribution < -0.4 is 11.1 Å². The van der Waals surface area contributed by atoms with Gasteiger partial charge in [0.05, 0.1) is 0 Å². The second kappa shape index (κ2) is 7.99. The lowest BCUT2D eigenvalue weighted by molar-refractivity contribution is -0.134. The van der Waals surface area contributed by atoms with Gasteiger partial charge in [0.25, 0.3) is 5.91 Å². The molecule has 24 heavy (non-hydrogen) atoms. The topological polar surface area (TPSA) is 75.4 Å². The van der Waals surface area contributed by atoms with Crippen molar-refractivity contribution in [2.45, 2.75) is 39.2 Å². The Kier molecular flexibility index (Phi) is 6.24. The summed E-state index contributed by atoms with van der Waals surface area (Å²) in [4.78, 5) is 26.2. The molecule has 6 heteroatoms. The van der Waals surface area contributed by atoms with Gasteiger partial charge in [0.15, 0.2) is 0 Å². The number of carbonyl (C=O) groups is 2. The summed E-state index contributed by atoms with van der Waals surface area (Å²) in [5.74, 6) is -0.0140. The van der Waals surface area contributed by atoms with Crippen LogP contribution in [0.1, 0.15) is 43.5 Å². The number of hydrogen-bond donors (Lipinski definition) is 2. The predicted octanol–water partition coefficient (Wildman–Crippen LogP) is 2.44. The van der Waals surface area contributed by atoms with Crippen LogP contribution in [0, 0.1) is 5.41 Å². The third-order valence-electron chi connectivity index (χ3n) is 4.62. The summed E-state index contributed by atoms with van der Waals surface area (Å²) in [5, 5.41) is 3.43. The smallest absolute Gasteiger partial charge is 0.251 e. The lowest BCUT2D eigenvalue weighted by Crippen LogP contribution is -2.54. The van der Waals surface area contributed by atoms with Gasteiger partial charge in [0.2, 0.25) is 5.91 Å². The van der Waals surface area contributed by atoms with E-state index in [2.05, 4.69) is 19.2 Å². The van der Waals surface area contributed by atoms with E-state index >= 15 is 0 Å². The second-order valence-corrected chi connectivity index (χ2v) is 7.50. The van der Waals surface area contributed by atoms with Gasteiger partial charge in [-0.1, -0.05) is 25.4 Å². The first kappa shape index (κ1) is 18.7. The largest absolute Gasteiger partial charge is 0.352 e. The quantitative estimate of drug-likeness (QED) is 0.800. The first-order chi connectivity index (χ1) is 11.3. The molecule has 1 fully saturated rings. The maximum Gasteiger partial charge on any atom is 0.251 e. The minimum Gasteiger partial charge on any atom is -0.352 e. The van der Waals surface area contributed by atoms with Crippen molar-refractivity contribution >= 4 is 23.4 Å². The van der Waals surface area contributed by atoms with Gasteiger partial charge < -0.3 is 16.0 Å². The first-order valence-corrected chi connectivity index (χ1v) is 8.74. The zero-order chi connectivity index (χ0) is 17.7. The summed E-state index contributed by atoms with van der Waals surface area (Å²) >= 11 is 5.80. The van der Waals surface area contributed by atoms with Crippen LogP contribution in [0.25, 0.3) is 0 Å². The maximum atomic E-state index is 12.3. The Labute approximate surface area is 148 Å². The van der Waals surface area contributed by atoms with Crippen molar-refractivity contribution in [3.63, 3.8) is 0 Å². The van der Waals surface area contributed by atoms with Gasteiger partial charge in [-0.2, -0.15) is 0 Å². The molecule has 5 nitrogen and oxygen atoms in total. The van der Waals surface area contributed by atoms with Gasteiger partial charge in [0, 0.05) is 42.7 Å². The molecule has 0 spiro atoms. The molecule has 0 bridgehead atoms. The summed E-state index contributed by atoms with van der Waals surface area (Å²) < 4.78 is 0. The minimum absolute atomic E-state index is 0.0449. The zero-order valence-electron chi connectivity index (χ0n) is 14.3. The molecule has 0 aliphatic carbocycles. The number of carbonyl (C=O) groups excluding carboxylic acids is 2. The monoisotopic (exact) mass is 351 g/mol. The molecule has 0 saturated carbocycles. The fourth-order valence-corrected chi connectivity index (χ4v) is 3.02. The van der Waals surface area contributed by atoms with Crippen molar-refractivity contribution in [1.82, 2.24) is 10.2 Å². The molecule has 1 aliphatic rings. The average molecular weight is 352 g/mol. The number of benzene rings is 1. The Bertz CT molecular complexity index is 586. The van der Waals surface area contributed by atoms with E-state index in [9.17, 15) is 9.59 Å². The van der Waals surface area contributed by atoms with Crippen molar-refractivity contribution in [2.24, 2.45) is 11.1 Å². The van der Waals surface area contributed by atoms with Crippen LogP contribution in [0.2, 0.25) is 5.02 Å². The Hall–Kier alpha value is -1.59. The fourth-order valence-electron chi connectivity index (χ4n) is 2.89. The lowest BCUT2D eigenvalue weighted by atomic mass is 9.79. The Morgan fingerprint density at radius 1 is 1.33 bits per heavy atom. The molecule has 3 N–H and O–H groups in total. The minimum atomic E-state index is -0.149. The number of piperidine rings is 1. The van der Waals surface area contributed by atoms with Crippen molar-refractivity contribution < 1.29 is 9.59 Å². The highest BCUT2D eigenvalue weighted by Crippen LogP contribution is 2.28. The van der Waals surface area contributed by atoms with Crippen LogP contribution in [0.3, 0.4) is 0 Å². The molecule has 132 valence electrons. The van der Waals surface area contributed by atoms with E-state index in [0.717, 1.165) is 13.0 Å². The van der Waals surface area contributed by atoms with Crippen molar-refractivity contribution in [3.8, 4) is 0 Å². The van der Waals surface area contributed by atoms with Gasteiger partial charge in [-0.15, -0.1) is 0 Å². The molecular weight excluding hydrogens is 326 g/mol. The number of nitrogens with two attached hydrogens (primary N) is 1. The molecule has 1 unspecified atom stereocenters. The number of likely N-dealkylation sites (tertiary alicyclic amines) is 1. The predicted molar refractivity (Wildman–Crippen MR) is 96.0 cm³/mol. The third kappa shape index (κ3) is 4.95. The van der Waals surface area contributed by atoms with E-state index < -0.39 is 0 Å². The molecule has 2 rings (SSSR count). The Morgan fingerprint density at radius 2 is 2.00 bits per heavy atom. The SMILES string of the molecule is CC1(C)CN(C(=O)CCCNC(=O)c2ccc(Cl)cc2)CCC1N. The number of nitrogens with one attached hydrogen (secondary N) is 1. The Morgan fingerprint density at radius 3 is 2.62 bits per heavy atom. The van der Waals surface area contributed by atoms with Crippen LogP contribution in [0.5, 0.6) is 0 Å². The normalized spacial score (nSPS) is 19.8. The molecule has 1 aliphatic heterocycles. The molecule has 1 aromatic carbocycles. The van der Waals surface area contributed by atoms with Crippen LogP contribution in [-0.2, 0) is 4.79 Å². The van der Waals surface area contributed by atoms with Gasteiger partial charge >= 0.3 is 0 Å². The molecule has 2 amide bonds. The highest BCUT2D eigenvalue weighted by atomic mass is 35.5. The molecule has 0 radical (unpaired) electrons. The molecule has 1 atom stereocenters. The zero-order valence-corrected chi connectivity index (χ0v) is 15.1. The molecule has 1 heterocycles. The summed E-state index contributed by atoms with van der Waals surface area (Å²) in [6, 6.07) is 6.87. The lowest BCUT2D eigenvalue weighted by Gasteiger charge is -2.42. The van der Waals surface area contributed by atoms with Crippen molar-refractivity contribution in [1.29, 1.82) is 0 Å². The van der Waals surface area contributed by atoms with Crippen molar-refractivity contribution in [3.05, 3.63) is 34.9 Å². The number of amides is 2. The van der Waals surface area contributed by atoms with Crippen molar-refractivity contribution in [2.75, 3.05) is 19.6 Å². The summed E-state index contributed by atoms with van der Waals surface area (Å²) in [7, 11) is 0. The third-order valence-corrected chi connectivity index (χ3v) is 4.88. The standard InChI is InChI=1S/C18H26ClN3O2/c1-18(2)12-22(11-9-15(18)20)16(23)4-3-10-21-17(24)13-5-7-14(19)8-6-13/h5-8,15H,3-4,9-12,20H2,1-2H3,(H,21,24). The van der Waals surface area contributed by atoms with Gasteiger partial charge in [-0.3, -0.25) is 9.59 Å². The van der Waals surface area contributed by atoms with Crippen LogP contribution in [-0.4, -0.2) is 42.4 Å². The van der Waals surface area contributed by atoms with Crippen LogP contribution in [0.4, 0.5) is 0 Å². The van der Waals surface area contributed by atoms with E-state index in [1.54, 1.807) is 24.3 Å². The van der Waals surface area contributed by atoms with Gasteiger partial charge in [-0.05, 0) is 42.5 Å².